The van der Waals surface area contributed by atoms with Gasteiger partial charge in [0.05, 0.1) is 6.10 Å². The Hall–Kier alpha value is -2.80. The lowest BCUT2D eigenvalue weighted by atomic mass is 10.1. The third kappa shape index (κ3) is 4.14. The Labute approximate surface area is 157 Å². The Bertz CT molecular complexity index is 843. The van der Waals surface area contributed by atoms with E-state index >= 15 is 0 Å². The molecule has 3 rings (SSSR count). The van der Waals surface area contributed by atoms with Gasteiger partial charge in [0.25, 0.3) is 5.91 Å². The normalized spacial score (nSPS) is 19.3. The quantitative estimate of drug-likeness (QED) is 0.838. The summed E-state index contributed by atoms with van der Waals surface area (Å²) in [5, 5.41) is 9.35. The average molecular weight is 373 g/mol. The lowest BCUT2D eigenvalue weighted by Crippen LogP contribution is -2.40. The number of carboxylic acids is 1. The Morgan fingerprint density at radius 2 is 2.04 bits per heavy atom. The zero-order chi connectivity index (χ0) is 19.6. The van der Waals surface area contributed by atoms with E-state index in [-0.39, 0.29) is 31.4 Å². The number of methoxy groups -OCH3 is 1. The highest BCUT2D eigenvalue weighted by molar-refractivity contribution is 5.94. The number of rotatable bonds is 6. The molecule has 1 aromatic carbocycles. The molecule has 1 aliphatic heterocycles. The monoisotopic (exact) mass is 373 g/mol. The molecular weight excluding hydrogens is 350 g/mol. The van der Waals surface area contributed by atoms with Crippen molar-refractivity contribution in [1.82, 2.24) is 4.90 Å². The first kappa shape index (κ1) is 19.0. The number of aryl methyl sites for hydroxylation is 2. The fraction of sp³-hybridized carbons (Fsp3) is 0.400. The number of carboxylic acid groups (broad SMARTS) is 1. The first-order valence-corrected chi connectivity index (χ1v) is 8.74. The van der Waals surface area contributed by atoms with Gasteiger partial charge in [-0.25, -0.2) is 4.79 Å². The molecule has 1 aromatic heterocycles. The average Bonchev–Trinajstić information content (AvgIpc) is 3.27. The molecule has 2 aromatic rings. The number of furan rings is 1. The van der Waals surface area contributed by atoms with Gasteiger partial charge in [-0.3, -0.25) is 4.79 Å². The fourth-order valence-corrected chi connectivity index (χ4v) is 3.25. The summed E-state index contributed by atoms with van der Waals surface area (Å²) >= 11 is 0. The van der Waals surface area contributed by atoms with Crippen LogP contribution in [0.3, 0.4) is 0 Å². The highest BCUT2D eigenvalue weighted by Gasteiger charge is 2.41. The summed E-state index contributed by atoms with van der Waals surface area (Å²) in [4.78, 5) is 25.4. The van der Waals surface area contributed by atoms with Crippen molar-refractivity contribution in [3.8, 4) is 5.75 Å². The summed E-state index contributed by atoms with van der Waals surface area (Å²) in [6, 6.07) is 8.18. The van der Waals surface area contributed by atoms with Crippen LogP contribution in [0.4, 0.5) is 0 Å². The largest absolute Gasteiger partial charge is 0.485 e. The van der Waals surface area contributed by atoms with Crippen molar-refractivity contribution >= 4 is 11.9 Å². The predicted molar refractivity (Wildman–Crippen MR) is 96.8 cm³/mol. The number of amides is 1. The van der Waals surface area contributed by atoms with Gasteiger partial charge < -0.3 is 23.9 Å². The van der Waals surface area contributed by atoms with Crippen molar-refractivity contribution in [2.24, 2.45) is 0 Å². The number of benzene rings is 1. The highest BCUT2D eigenvalue weighted by atomic mass is 16.5. The van der Waals surface area contributed by atoms with Crippen molar-refractivity contribution in [2.45, 2.75) is 39.0 Å². The van der Waals surface area contributed by atoms with Crippen LogP contribution < -0.4 is 4.74 Å². The number of hydrogen-bond acceptors (Lipinski definition) is 5. The zero-order valence-electron chi connectivity index (χ0n) is 15.6. The van der Waals surface area contributed by atoms with Crippen molar-refractivity contribution < 1.29 is 28.6 Å². The maximum Gasteiger partial charge on any atom is 0.326 e. The summed E-state index contributed by atoms with van der Waals surface area (Å²) in [7, 11) is 1.51. The van der Waals surface area contributed by atoms with Gasteiger partial charge in [-0.2, -0.15) is 0 Å². The molecule has 7 heteroatoms. The van der Waals surface area contributed by atoms with Crippen LogP contribution >= 0.6 is 0 Å². The second-order valence-corrected chi connectivity index (χ2v) is 6.73. The second kappa shape index (κ2) is 7.84. The van der Waals surface area contributed by atoms with Crippen LogP contribution in [0.1, 0.15) is 33.9 Å². The first-order valence-electron chi connectivity index (χ1n) is 8.74. The first-order chi connectivity index (χ1) is 12.9. The van der Waals surface area contributed by atoms with Crippen LogP contribution in [0, 0.1) is 13.8 Å². The van der Waals surface area contributed by atoms with Crippen molar-refractivity contribution in [3.05, 3.63) is 53.0 Å². The van der Waals surface area contributed by atoms with Crippen LogP contribution in [0.5, 0.6) is 5.75 Å². The molecule has 1 fully saturated rings. The molecule has 144 valence electrons. The van der Waals surface area contributed by atoms with E-state index in [1.807, 2.05) is 32.0 Å². The summed E-state index contributed by atoms with van der Waals surface area (Å²) in [5.41, 5.74) is 2.17. The molecule has 0 aliphatic carbocycles. The van der Waals surface area contributed by atoms with Crippen LogP contribution in [0.2, 0.25) is 0 Å². The Morgan fingerprint density at radius 1 is 1.26 bits per heavy atom. The molecule has 2 unspecified atom stereocenters. The lowest BCUT2D eigenvalue weighted by molar-refractivity contribution is -0.141. The number of carbonyl (C=O) groups is 2. The smallest absolute Gasteiger partial charge is 0.326 e. The minimum atomic E-state index is -1.05. The third-order valence-corrected chi connectivity index (χ3v) is 4.71. The van der Waals surface area contributed by atoms with Crippen molar-refractivity contribution in [2.75, 3.05) is 13.7 Å². The topological polar surface area (TPSA) is 89.2 Å². The number of likely N-dealkylation sites (tertiary alicyclic amines) is 1. The number of hydrogen-bond donors (Lipinski definition) is 1. The Balaban J connectivity index is 1.67. The van der Waals surface area contributed by atoms with E-state index in [9.17, 15) is 14.7 Å². The van der Waals surface area contributed by atoms with Crippen LogP contribution in [-0.4, -0.2) is 47.7 Å². The minimum absolute atomic E-state index is 0.0947. The van der Waals surface area contributed by atoms with Crippen LogP contribution in [0.15, 0.2) is 34.7 Å². The molecule has 1 amide bonds. The highest BCUT2D eigenvalue weighted by Crippen LogP contribution is 2.24. The molecule has 0 radical (unpaired) electrons. The molecular formula is C20H23NO6. The molecule has 0 spiro atoms. The number of ether oxygens (including phenoxy) is 2. The van der Waals surface area contributed by atoms with Gasteiger partial charge in [-0.05, 0) is 37.6 Å². The van der Waals surface area contributed by atoms with E-state index in [1.165, 1.54) is 12.0 Å². The van der Waals surface area contributed by atoms with Crippen molar-refractivity contribution in [1.29, 1.82) is 0 Å². The summed E-state index contributed by atoms with van der Waals surface area (Å²) in [5.74, 6) is -0.171. The number of carbonyl (C=O) groups excluding carboxylic acids is 1. The van der Waals surface area contributed by atoms with Gasteiger partial charge in [0.15, 0.2) is 5.76 Å². The van der Waals surface area contributed by atoms with E-state index in [0.717, 1.165) is 16.9 Å². The molecule has 0 saturated carbocycles. The molecule has 2 atom stereocenters. The van der Waals surface area contributed by atoms with Gasteiger partial charge in [0.1, 0.15) is 24.2 Å². The molecule has 27 heavy (non-hydrogen) atoms. The molecule has 1 N–H and O–H groups in total. The molecule has 0 bridgehead atoms. The van der Waals surface area contributed by atoms with E-state index in [2.05, 4.69) is 0 Å². The standard InChI is InChI=1S/C20H23NO6/c1-12-4-6-17(13(2)8-12)26-11-14-5-7-18(27-14)19(22)21-10-15(25-3)9-16(21)20(23)24/h4-8,15-16H,9-11H2,1-3H3,(H,23,24). The van der Waals surface area contributed by atoms with Gasteiger partial charge in [0, 0.05) is 20.1 Å². The van der Waals surface area contributed by atoms with E-state index in [4.69, 9.17) is 13.9 Å². The van der Waals surface area contributed by atoms with Gasteiger partial charge in [-0.1, -0.05) is 17.7 Å². The van der Waals surface area contributed by atoms with E-state index < -0.39 is 17.9 Å². The maximum absolute atomic E-state index is 12.7. The van der Waals surface area contributed by atoms with Gasteiger partial charge in [-0.15, -0.1) is 0 Å². The lowest BCUT2D eigenvalue weighted by Gasteiger charge is -2.19. The van der Waals surface area contributed by atoms with E-state index in [0.29, 0.717) is 5.76 Å². The molecule has 7 nitrogen and oxygen atoms in total. The van der Waals surface area contributed by atoms with Gasteiger partial charge >= 0.3 is 5.97 Å². The summed E-state index contributed by atoms with van der Waals surface area (Å²) in [6.45, 7) is 4.38. The van der Waals surface area contributed by atoms with Gasteiger partial charge in [0.2, 0.25) is 0 Å². The third-order valence-electron chi connectivity index (χ3n) is 4.71. The predicted octanol–water partition coefficient (Wildman–Crippen LogP) is 2.79. The molecule has 2 heterocycles. The Kier molecular flexibility index (Phi) is 5.51. The minimum Gasteiger partial charge on any atom is -0.485 e. The second-order valence-electron chi connectivity index (χ2n) is 6.73. The SMILES string of the molecule is COC1CC(C(=O)O)N(C(=O)c2ccc(COc3ccc(C)cc3C)o2)C1. The molecule has 1 aliphatic rings. The fourth-order valence-electron chi connectivity index (χ4n) is 3.25. The van der Waals surface area contributed by atoms with Crippen LogP contribution in [0.25, 0.3) is 0 Å². The number of nitrogens with zero attached hydrogens (tertiary/aromatic N) is 1. The summed E-state index contributed by atoms with van der Waals surface area (Å²) < 4.78 is 16.6. The summed E-state index contributed by atoms with van der Waals surface area (Å²) in [6.07, 6.45) is -0.0293. The maximum atomic E-state index is 12.7. The Morgan fingerprint density at radius 3 is 2.70 bits per heavy atom. The molecule has 1 saturated heterocycles. The van der Waals surface area contributed by atoms with E-state index in [1.54, 1.807) is 12.1 Å². The zero-order valence-corrected chi connectivity index (χ0v) is 15.6. The van der Waals surface area contributed by atoms with Crippen molar-refractivity contribution in [3.63, 3.8) is 0 Å². The van der Waals surface area contributed by atoms with Crippen LogP contribution in [-0.2, 0) is 16.1 Å². The number of aliphatic carboxylic acids is 1.